The van der Waals surface area contributed by atoms with Crippen molar-refractivity contribution in [3.63, 3.8) is 0 Å². The highest BCUT2D eigenvalue weighted by Crippen LogP contribution is 2.31. The molecule has 8 heteroatoms. The fraction of sp³-hybridized carbons (Fsp3) is 0.227. The number of fused-ring (bicyclic) bond motifs is 2. The molecule has 30 heavy (non-hydrogen) atoms. The van der Waals surface area contributed by atoms with E-state index >= 15 is 0 Å². The van der Waals surface area contributed by atoms with Gasteiger partial charge in [0, 0.05) is 42.0 Å². The Bertz CT molecular complexity index is 1290. The van der Waals surface area contributed by atoms with E-state index in [0.717, 1.165) is 45.8 Å². The highest BCUT2D eigenvalue weighted by molar-refractivity contribution is 5.85. The van der Waals surface area contributed by atoms with Gasteiger partial charge in [-0.25, -0.2) is 9.97 Å². The monoisotopic (exact) mass is 399 g/mol. The second kappa shape index (κ2) is 7.22. The van der Waals surface area contributed by atoms with Crippen LogP contribution in [0.2, 0.25) is 0 Å². The van der Waals surface area contributed by atoms with E-state index in [1.165, 1.54) is 5.56 Å². The summed E-state index contributed by atoms with van der Waals surface area (Å²) in [6.45, 7) is 2.66. The third kappa shape index (κ3) is 3.16. The third-order valence-electron chi connectivity index (χ3n) is 5.38. The second-order valence-electron chi connectivity index (χ2n) is 7.23. The Morgan fingerprint density at radius 2 is 2.00 bits per heavy atom. The van der Waals surface area contributed by atoms with Crippen molar-refractivity contribution in [1.82, 2.24) is 24.7 Å². The number of nitrogens with zero attached hydrogens (tertiary/aromatic N) is 6. The van der Waals surface area contributed by atoms with Crippen LogP contribution in [0.5, 0.6) is 5.88 Å². The number of hydrogen-bond acceptors (Lipinski definition) is 7. The van der Waals surface area contributed by atoms with E-state index in [1.807, 2.05) is 24.0 Å². The Morgan fingerprint density at radius 3 is 2.87 bits per heavy atom. The SMILES string of the molecule is COc1cncc(-c2cc3c(c(Nc4ccc5c(C)n(C)nc5c4)n2)CN=CC3)n1. The first kappa shape index (κ1) is 18.2. The average Bonchev–Trinajstić information content (AvgIpc) is 3.06. The smallest absolute Gasteiger partial charge is 0.232 e. The molecule has 0 unspecified atom stereocenters. The maximum atomic E-state index is 5.22. The molecule has 1 aliphatic rings. The number of aryl methyl sites for hydroxylation is 2. The summed E-state index contributed by atoms with van der Waals surface area (Å²) in [7, 11) is 3.53. The molecule has 150 valence electrons. The quantitative estimate of drug-likeness (QED) is 0.564. The summed E-state index contributed by atoms with van der Waals surface area (Å²) in [5.74, 6) is 1.23. The molecule has 0 saturated heterocycles. The van der Waals surface area contributed by atoms with Crippen molar-refractivity contribution < 1.29 is 4.74 Å². The number of nitrogens with one attached hydrogen (secondary N) is 1. The van der Waals surface area contributed by atoms with Gasteiger partial charge in [-0.15, -0.1) is 0 Å². The van der Waals surface area contributed by atoms with Crippen molar-refractivity contribution in [2.75, 3.05) is 12.4 Å². The minimum Gasteiger partial charge on any atom is -0.480 e. The lowest BCUT2D eigenvalue weighted by Crippen LogP contribution is -2.08. The number of aromatic nitrogens is 5. The number of ether oxygens (including phenoxy) is 1. The molecule has 0 fully saturated rings. The van der Waals surface area contributed by atoms with Crippen LogP contribution in [-0.2, 0) is 20.0 Å². The number of methoxy groups -OCH3 is 1. The molecule has 0 atom stereocenters. The molecule has 1 aliphatic heterocycles. The Labute approximate surface area is 173 Å². The van der Waals surface area contributed by atoms with Crippen molar-refractivity contribution in [3.8, 4) is 17.3 Å². The summed E-state index contributed by atoms with van der Waals surface area (Å²) in [5.41, 5.74) is 6.69. The van der Waals surface area contributed by atoms with E-state index in [-0.39, 0.29) is 0 Å². The summed E-state index contributed by atoms with van der Waals surface area (Å²) < 4.78 is 7.11. The first-order chi connectivity index (χ1) is 14.6. The summed E-state index contributed by atoms with van der Waals surface area (Å²) in [6.07, 6.45) is 5.98. The zero-order valence-corrected chi connectivity index (χ0v) is 17.0. The molecule has 0 aliphatic carbocycles. The molecule has 3 aromatic heterocycles. The van der Waals surface area contributed by atoms with Crippen LogP contribution in [0.1, 0.15) is 16.8 Å². The predicted molar refractivity (Wildman–Crippen MR) is 116 cm³/mol. The Kier molecular flexibility index (Phi) is 4.39. The van der Waals surface area contributed by atoms with Gasteiger partial charge in [0.05, 0.1) is 37.3 Å². The molecule has 4 aromatic rings. The average molecular weight is 399 g/mol. The molecule has 8 nitrogen and oxygen atoms in total. The molecule has 0 spiro atoms. The highest BCUT2D eigenvalue weighted by Gasteiger charge is 2.17. The number of anilines is 2. The van der Waals surface area contributed by atoms with Crippen molar-refractivity contribution >= 4 is 28.6 Å². The van der Waals surface area contributed by atoms with E-state index in [2.05, 4.69) is 50.5 Å². The normalized spacial score (nSPS) is 12.8. The predicted octanol–water partition coefficient (Wildman–Crippen LogP) is 3.61. The minimum absolute atomic E-state index is 0.457. The molecule has 5 rings (SSSR count). The first-order valence-electron chi connectivity index (χ1n) is 9.70. The van der Waals surface area contributed by atoms with Gasteiger partial charge in [-0.2, -0.15) is 5.10 Å². The molecule has 0 amide bonds. The van der Waals surface area contributed by atoms with E-state index < -0.39 is 0 Å². The van der Waals surface area contributed by atoms with Gasteiger partial charge in [0.1, 0.15) is 11.5 Å². The van der Waals surface area contributed by atoms with Crippen molar-refractivity contribution in [2.24, 2.45) is 12.0 Å². The Balaban J connectivity index is 1.58. The number of aliphatic imine (C=N–C) groups is 1. The highest BCUT2D eigenvalue weighted by atomic mass is 16.5. The van der Waals surface area contributed by atoms with E-state index in [9.17, 15) is 0 Å². The molecule has 1 aromatic carbocycles. The molecular weight excluding hydrogens is 378 g/mol. The van der Waals surface area contributed by atoms with E-state index in [1.54, 1.807) is 19.5 Å². The number of pyridine rings is 1. The topological polar surface area (TPSA) is 90.1 Å². The van der Waals surface area contributed by atoms with Gasteiger partial charge in [0.25, 0.3) is 0 Å². The Morgan fingerprint density at radius 1 is 1.10 bits per heavy atom. The summed E-state index contributed by atoms with van der Waals surface area (Å²) >= 11 is 0. The maximum absolute atomic E-state index is 5.22. The summed E-state index contributed by atoms with van der Waals surface area (Å²) in [6, 6.07) is 8.23. The van der Waals surface area contributed by atoms with Crippen LogP contribution in [0.15, 0.2) is 41.7 Å². The van der Waals surface area contributed by atoms with Crippen LogP contribution in [0, 0.1) is 6.92 Å². The molecular formula is C22H21N7O. The van der Waals surface area contributed by atoms with Crippen molar-refractivity contribution in [2.45, 2.75) is 19.9 Å². The maximum Gasteiger partial charge on any atom is 0.232 e. The minimum atomic E-state index is 0.457. The second-order valence-corrected chi connectivity index (χ2v) is 7.23. The van der Waals surface area contributed by atoms with Crippen LogP contribution >= 0.6 is 0 Å². The zero-order valence-electron chi connectivity index (χ0n) is 17.0. The molecule has 0 radical (unpaired) electrons. The standard InChI is InChI=1S/C22H21N7O/c1-13-16-5-4-15(9-18(16)28-29(13)2)25-22-17-10-23-7-6-14(17)8-19(27-22)20-11-24-12-21(26-20)30-3/h4-5,7-9,11-12H,6,10H2,1-3H3,(H,25,27). The number of benzene rings is 1. The first-order valence-corrected chi connectivity index (χ1v) is 9.70. The third-order valence-corrected chi connectivity index (χ3v) is 5.38. The lowest BCUT2D eigenvalue weighted by atomic mass is 10.0. The number of rotatable bonds is 4. The molecule has 0 bridgehead atoms. The van der Waals surface area contributed by atoms with Gasteiger partial charge in [0.2, 0.25) is 5.88 Å². The number of hydrogen-bond donors (Lipinski definition) is 1. The lowest BCUT2D eigenvalue weighted by molar-refractivity contribution is 0.396. The van der Waals surface area contributed by atoms with E-state index in [0.29, 0.717) is 18.1 Å². The van der Waals surface area contributed by atoms with Gasteiger partial charge in [-0.3, -0.25) is 14.7 Å². The fourth-order valence-corrected chi connectivity index (χ4v) is 3.65. The largest absolute Gasteiger partial charge is 0.480 e. The lowest BCUT2D eigenvalue weighted by Gasteiger charge is -2.18. The van der Waals surface area contributed by atoms with Gasteiger partial charge in [0.15, 0.2) is 0 Å². The summed E-state index contributed by atoms with van der Waals surface area (Å²) in [5, 5.41) is 9.21. The Hall–Kier alpha value is -3.81. The van der Waals surface area contributed by atoms with Crippen LogP contribution in [0.3, 0.4) is 0 Å². The van der Waals surface area contributed by atoms with Crippen LogP contribution in [0.4, 0.5) is 11.5 Å². The summed E-state index contributed by atoms with van der Waals surface area (Å²) in [4.78, 5) is 18.0. The molecule has 4 heterocycles. The van der Waals surface area contributed by atoms with E-state index in [4.69, 9.17) is 9.72 Å². The molecule has 1 N–H and O–H groups in total. The van der Waals surface area contributed by atoms with Crippen LogP contribution in [-0.4, -0.2) is 38.1 Å². The molecule has 0 saturated carbocycles. The van der Waals surface area contributed by atoms with Gasteiger partial charge >= 0.3 is 0 Å². The van der Waals surface area contributed by atoms with Crippen LogP contribution < -0.4 is 10.1 Å². The van der Waals surface area contributed by atoms with Gasteiger partial charge < -0.3 is 10.1 Å². The van der Waals surface area contributed by atoms with Crippen molar-refractivity contribution in [3.05, 3.63) is 53.5 Å². The van der Waals surface area contributed by atoms with Gasteiger partial charge in [-0.1, -0.05) is 0 Å². The fourth-order valence-electron chi connectivity index (χ4n) is 3.65. The zero-order chi connectivity index (χ0) is 20.7. The van der Waals surface area contributed by atoms with Gasteiger partial charge in [-0.05, 0) is 36.8 Å². The van der Waals surface area contributed by atoms with Crippen molar-refractivity contribution in [1.29, 1.82) is 0 Å². The van der Waals surface area contributed by atoms with Crippen LogP contribution in [0.25, 0.3) is 22.3 Å².